The molecule has 248 valence electrons. The number of rotatable bonds is 5. The number of hydrogen-bond donors (Lipinski definition) is 0. The van der Waals surface area contributed by atoms with Gasteiger partial charge in [0.1, 0.15) is 16.2 Å². The molecular formula is C46H27N5OS. The van der Waals surface area contributed by atoms with Crippen LogP contribution in [0.25, 0.3) is 104 Å². The van der Waals surface area contributed by atoms with Crippen LogP contribution >= 0.6 is 11.3 Å². The van der Waals surface area contributed by atoms with Crippen LogP contribution < -0.4 is 0 Å². The van der Waals surface area contributed by atoms with Crippen LogP contribution in [0.2, 0.25) is 0 Å². The number of aromatic nitrogens is 5. The molecular weight excluding hydrogens is 671 g/mol. The maximum Gasteiger partial charge on any atom is 0.164 e. The monoisotopic (exact) mass is 697 g/mol. The van der Waals surface area contributed by atoms with Gasteiger partial charge in [-0.25, -0.2) is 19.9 Å². The zero-order valence-electron chi connectivity index (χ0n) is 28.1. The van der Waals surface area contributed by atoms with Crippen molar-refractivity contribution >= 4 is 65.3 Å². The van der Waals surface area contributed by atoms with Gasteiger partial charge in [-0.05, 0) is 48.5 Å². The summed E-state index contributed by atoms with van der Waals surface area (Å²) in [5.41, 5.74) is 9.56. The van der Waals surface area contributed by atoms with Crippen molar-refractivity contribution in [2.24, 2.45) is 0 Å². The fourth-order valence-corrected chi connectivity index (χ4v) is 8.54. The Morgan fingerprint density at radius 2 is 1.04 bits per heavy atom. The van der Waals surface area contributed by atoms with Gasteiger partial charge in [0.25, 0.3) is 0 Å². The molecule has 11 rings (SSSR count). The molecule has 0 aliphatic heterocycles. The highest BCUT2D eigenvalue weighted by Crippen LogP contribution is 2.43. The summed E-state index contributed by atoms with van der Waals surface area (Å²) in [6, 6.07) is 56.2. The lowest BCUT2D eigenvalue weighted by Crippen LogP contribution is -2.01. The molecule has 11 aromatic rings. The Kier molecular flexibility index (Phi) is 6.62. The van der Waals surface area contributed by atoms with E-state index in [-0.39, 0.29) is 0 Å². The number of nitrogens with zero attached hydrogens (tertiary/aromatic N) is 5. The first-order chi connectivity index (χ1) is 26.3. The molecule has 0 saturated carbocycles. The Morgan fingerprint density at radius 3 is 1.79 bits per heavy atom. The quantitative estimate of drug-likeness (QED) is 0.179. The lowest BCUT2D eigenvalue weighted by atomic mass is 10.0. The first-order valence-electron chi connectivity index (χ1n) is 17.5. The maximum atomic E-state index is 6.51. The molecule has 4 aromatic heterocycles. The largest absolute Gasteiger partial charge is 0.456 e. The van der Waals surface area contributed by atoms with E-state index in [0.29, 0.717) is 17.5 Å². The summed E-state index contributed by atoms with van der Waals surface area (Å²) >= 11 is 1.68. The second-order valence-corrected chi connectivity index (χ2v) is 14.1. The van der Waals surface area contributed by atoms with E-state index in [1.165, 1.54) is 10.8 Å². The SMILES string of the molecule is c1ccc(-c2nc(-c3cccc(-n4c5ccccc5c5ccccc54)c3)nc(-c3cccc4oc5cccc(-c6nc7ccccc7s6)c5c34)n2)cc1. The molecule has 0 aliphatic carbocycles. The number of fused-ring (bicyclic) bond motifs is 7. The fourth-order valence-electron chi connectivity index (χ4n) is 7.55. The fraction of sp³-hybridized carbons (Fsp3) is 0. The number of para-hydroxylation sites is 3. The van der Waals surface area contributed by atoms with Crippen molar-refractivity contribution in [3.63, 3.8) is 0 Å². The second-order valence-electron chi connectivity index (χ2n) is 13.0. The minimum Gasteiger partial charge on any atom is -0.456 e. The van der Waals surface area contributed by atoms with Crippen molar-refractivity contribution in [1.82, 2.24) is 24.5 Å². The molecule has 0 aliphatic rings. The van der Waals surface area contributed by atoms with Crippen LogP contribution in [0.1, 0.15) is 0 Å². The van der Waals surface area contributed by atoms with Gasteiger partial charge in [0.15, 0.2) is 17.5 Å². The Balaban J connectivity index is 1.14. The summed E-state index contributed by atoms with van der Waals surface area (Å²) < 4.78 is 9.97. The Morgan fingerprint density at radius 1 is 0.453 bits per heavy atom. The summed E-state index contributed by atoms with van der Waals surface area (Å²) in [7, 11) is 0. The van der Waals surface area contributed by atoms with E-state index in [2.05, 4.69) is 108 Å². The van der Waals surface area contributed by atoms with Crippen LogP contribution in [0.5, 0.6) is 0 Å². The molecule has 7 aromatic carbocycles. The number of hydrogen-bond acceptors (Lipinski definition) is 6. The van der Waals surface area contributed by atoms with Gasteiger partial charge in [0.05, 0.1) is 21.3 Å². The second kappa shape index (κ2) is 11.8. The van der Waals surface area contributed by atoms with Crippen LogP contribution in [0.3, 0.4) is 0 Å². The highest BCUT2D eigenvalue weighted by atomic mass is 32.1. The first-order valence-corrected chi connectivity index (χ1v) is 18.3. The van der Waals surface area contributed by atoms with Crippen LogP contribution in [0, 0.1) is 0 Å². The van der Waals surface area contributed by atoms with Crippen LogP contribution in [-0.4, -0.2) is 24.5 Å². The third-order valence-corrected chi connectivity index (χ3v) is 11.0. The van der Waals surface area contributed by atoms with Gasteiger partial charge in [0, 0.05) is 49.5 Å². The molecule has 0 bridgehead atoms. The van der Waals surface area contributed by atoms with Gasteiger partial charge in [0.2, 0.25) is 0 Å². The van der Waals surface area contributed by atoms with Crippen molar-refractivity contribution in [2.45, 2.75) is 0 Å². The molecule has 53 heavy (non-hydrogen) atoms. The maximum absolute atomic E-state index is 6.51. The Bertz CT molecular complexity index is 3110. The number of thiazole rings is 1. The van der Waals surface area contributed by atoms with Crippen molar-refractivity contribution in [3.8, 4) is 50.4 Å². The predicted octanol–water partition coefficient (Wildman–Crippen LogP) is 12.1. The zero-order valence-corrected chi connectivity index (χ0v) is 29.0. The molecule has 0 N–H and O–H groups in total. The average Bonchev–Trinajstić information content (AvgIpc) is 3.93. The molecule has 4 heterocycles. The van der Waals surface area contributed by atoms with Crippen molar-refractivity contribution in [2.75, 3.05) is 0 Å². The van der Waals surface area contributed by atoms with Gasteiger partial charge < -0.3 is 8.98 Å². The number of benzene rings is 7. The highest BCUT2D eigenvalue weighted by Gasteiger charge is 2.21. The summed E-state index contributed by atoms with van der Waals surface area (Å²) in [6.07, 6.45) is 0. The molecule has 7 heteroatoms. The molecule has 0 radical (unpaired) electrons. The minimum atomic E-state index is 0.573. The normalized spacial score (nSPS) is 11.8. The average molecular weight is 698 g/mol. The van der Waals surface area contributed by atoms with Crippen LogP contribution in [-0.2, 0) is 0 Å². The lowest BCUT2D eigenvalue weighted by molar-refractivity contribution is 0.669. The van der Waals surface area contributed by atoms with Crippen molar-refractivity contribution in [1.29, 1.82) is 0 Å². The summed E-state index contributed by atoms with van der Waals surface area (Å²) in [5, 5.41) is 5.32. The molecule has 0 spiro atoms. The molecule has 0 unspecified atom stereocenters. The summed E-state index contributed by atoms with van der Waals surface area (Å²) in [5.74, 6) is 1.76. The predicted molar refractivity (Wildman–Crippen MR) is 216 cm³/mol. The van der Waals surface area contributed by atoms with E-state index < -0.39 is 0 Å². The standard InChI is InChI=1S/C46H27N5OS/c1-2-13-28(14-3-1)43-48-44(29-15-10-16-30(27-29)51-36-22-7-4-17-31(36)32-18-5-8-23-37(32)51)50-45(49-43)33-19-11-24-38-41(33)42-34(20-12-25-39(42)52-38)46-47-35-21-6-9-26-40(35)53-46/h1-27H. The van der Waals surface area contributed by atoms with Crippen molar-refractivity contribution in [3.05, 3.63) is 164 Å². The molecule has 6 nitrogen and oxygen atoms in total. The first kappa shape index (κ1) is 29.7. The van der Waals surface area contributed by atoms with Gasteiger partial charge >= 0.3 is 0 Å². The molecule has 0 amide bonds. The molecule has 0 atom stereocenters. The van der Waals surface area contributed by atoms with E-state index in [1.54, 1.807) is 11.3 Å². The van der Waals surface area contributed by atoms with Crippen LogP contribution in [0.15, 0.2) is 168 Å². The summed E-state index contributed by atoms with van der Waals surface area (Å²) in [4.78, 5) is 20.5. The highest BCUT2D eigenvalue weighted by molar-refractivity contribution is 7.21. The van der Waals surface area contributed by atoms with Gasteiger partial charge in [-0.1, -0.05) is 115 Å². The third-order valence-electron chi connectivity index (χ3n) is 9.90. The zero-order chi connectivity index (χ0) is 34.9. The lowest BCUT2D eigenvalue weighted by Gasteiger charge is -2.12. The van der Waals surface area contributed by atoms with E-state index in [1.807, 2.05) is 60.7 Å². The third kappa shape index (κ3) is 4.79. The van der Waals surface area contributed by atoms with Gasteiger partial charge in [-0.3, -0.25) is 0 Å². The van der Waals surface area contributed by atoms with E-state index >= 15 is 0 Å². The Labute approximate surface area is 307 Å². The molecule has 0 fully saturated rings. The van der Waals surface area contributed by atoms with E-state index in [4.69, 9.17) is 24.4 Å². The van der Waals surface area contributed by atoms with Crippen molar-refractivity contribution < 1.29 is 4.42 Å². The van der Waals surface area contributed by atoms with E-state index in [0.717, 1.165) is 76.1 Å². The topological polar surface area (TPSA) is 69.6 Å². The smallest absolute Gasteiger partial charge is 0.164 e. The Hall–Kier alpha value is -6.96. The number of furan rings is 1. The molecule has 0 saturated heterocycles. The minimum absolute atomic E-state index is 0.573. The van der Waals surface area contributed by atoms with E-state index in [9.17, 15) is 0 Å². The summed E-state index contributed by atoms with van der Waals surface area (Å²) in [6.45, 7) is 0. The van der Waals surface area contributed by atoms with Gasteiger partial charge in [-0.2, -0.15) is 0 Å². The van der Waals surface area contributed by atoms with Crippen LogP contribution in [0.4, 0.5) is 0 Å². The van der Waals surface area contributed by atoms with Gasteiger partial charge in [-0.15, -0.1) is 11.3 Å².